The van der Waals surface area contributed by atoms with Crippen LogP contribution in [-0.2, 0) is 9.53 Å². The van der Waals surface area contributed by atoms with Crippen molar-refractivity contribution in [2.24, 2.45) is 5.92 Å². The third-order valence-corrected chi connectivity index (χ3v) is 4.57. The van der Waals surface area contributed by atoms with E-state index < -0.39 is 6.04 Å². The van der Waals surface area contributed by atoms with Gasteiger partial charge in [-0.25, -0.2) is 14.8 Å². The molecule has 1 N–H and O–H groups in total. The average Bonchev–Trinajstić information content (AvgIpc) is 2.60. The fourth-order valence-electron chi connectivity index (χ4n) is 2.26. The van der Waals surface area contributed by atoms with Crippen LogP contribution in [0, 0.1) is 5.92 Å². The van der Waals surface area contributed by atoms with Crippen LogP contribution in [0.2, 0.25) is 5.15 Å². The van der Waals surface area contributed by atoms with Crippen LogP contribution in [-0.4, -0.2) is 36.2 Å². The van der Waals surface area contributed by atoms with E-state index in [1.807, 2.05) is 38.1 Å². The maximum Gasteiger partial charge on any atom is 0.328 e. The topological polar surface area (TPSA) is 73.3 Å². The minimum atomic E-state index is -0.530. The fraction of sp³-hybridized carbons (Fsp3) is 0.389. The van der Waals surface area contributed by atoms with Crippen molar-refractivity contribution in [1.82, 2.24) is 9.97 Å². The Morgan fingerprint density at radius 2 is 1.92 bits per heavy atom. The quantitative estimate of drug-likeness (QED) is 0.527. The summed E-state index contributed by atoms with van der Waals surface area (Å²) in [6.07, 6.45) is 0.601. The van der Waals surface area contributed by atoms with Crippen molar-refractivity contribution in [2.75, 3.05) is 19.5 Å². The molecule has 0 spiro atoms. The number of aromatic nitrogens is 2. The van der Waals surface area contributed by atoms with E-state index in [9.17, 15) is 4.79 Å². The molecule has 26 heavy (non-hydrogen) atoms. The fourth-order valence-corrected chi connectivity index (χ4v) is 3.33. The first-order valence-corrected chi connectivity index (χ1v) is 9.31. The standard InChI is InChI=1S/C18H22ClN3O3S/c1-11(2)9-14(17(23)25-4)20-18-21-15(19)10-16(22-18)26-13-7-5-12(24-3)6-8-13/h5-8,10-11,14H,9H2,1-4H3,(H,20,21,22)/t14-/m1/s1. The summed E-state index contributed by atoms with van der Waals surface area (Å²) >= 11 is 7.57. The van der Waals surface area contributed by atoms with Gasteiger partial charge >= 0.3 is 5.97 Å². The van der Waals surface area contributed by atoms with Crippen molar-refractivity contribution in [3.8, 4) is 5.75 Å². The first kappa shape index (κ1) is 20.3. The first-order valence-electron chi connectivity index (χ1n) is 8.12. The van der Waals surface area contributed by atoms with Crippen LogP contribution in [0.1, 0.15) is 20.3 Å². The van der Waals surface area contributed by atoms with Gasteiger partial charge in [0, 0.05) is 11.0 Å². The van der Waals surface area contributed by atoms with Gasteiger partial charge in [-0.2, -0.15) is 0 Å². The number of ether oxygens (including phenoxy) is 2. The predicted molar refractivity (Wildman–Crippen MR) is 103 cm³/mol. The van der Waals surface area contributed by atoms with Gasteiger partial charge in [0.1, 0.15) is 22.0 Å². The summed E-state index contributed by atoms with van der Waals surface area (Å²) in [6, 6.07) is 8.76. The number of hydrogen-bond donors (Lipinski definition) is 1. The molecule has 2 aromatic rings. The molecule has 1 atom stereocenters. The van der Waals surface area contributed by atoms with Crippen LogP contribution in [0.15, 0.2) is 40.3 Å². The summed E-state index contributed by atoms with van der Waals surface area (Å²) in [5.41, 5.74) is 0. The van der Waals surface area contributed by atoms with Crippen LogP contribution in [0.4, 0.5) is 5.95 Å². The lowest BCUT2D eigenvalue weighted by atomic mass is 10.0. The minimum Gasteiger partial charge on any atom is -0.497 e. The smallest absolute Gasteiger partial charge is 0.328 e. The van der Waals surface area contributed by atoms with Gasteiger partial charge in [0.15, 0.2) is 0 Å². The van der Waals surface area contributed by atoms with Crippen LogP contribution in [0.5, 0.6) is 5.75 Å². The third kappa shape index (κ3) is 6.07. The Labute approximate surface area is 162 Å². The largest absolute Gasteiger partial charge is 0.497 e. The number of nitrogens with one attached hydrogen (secondary N) is 1. The highest BCUT2D eigenvalue weighted by molar-refractivity contribution is 7.99. The number of halogens is 1. The summed E-state index contributed by atoms with van der Waals surface area (Å²) in [4.78, 5) is 21.6. The highest BCUT2D eigenvalue weighted by atomic mass is 35.5. The van der Waals surface area contributed by atoms with Crippen LogP contribution in [0.25, 0.3) is 0 Å². The monoisotopic (exact) mass is 395 g/mol. The van der Waals surface area contributed by atoms with E-state index in [1.54, 1.807) is 13.2 Å². The molecule has 1 heterocycles. The molecule has 2 rings (SSSR count). The molecule has 140 valence electrons. The lowest BCUT2D eigenvalue weighted by Crippen LogP contribution is -2.32. The Kier molecular flexibility index (Phi) is 7.53. The van der Waals surface area contributed by atoms with E-state index in [0.29, 0.717) is 28.5 Å². The second kappa shape index (κ2) is 9.64. The molecule has 1 aromatic heterocycles. The zero-order valence-electron chi connectivity index (χ0n) is 15.2. The van der Waals surface area contributed by atoms with Gasteiger partial charge in [-0.15, -0.1) is 0 Å². The van der Waals surface area contributed by atoms with Crippen LogP contribution < -0.4 is 10.1 Å². The van der Waals surface area contributed by atoms with Crippen molar-refractivity contribution in [2.45, 2.75) is 36.2 Å². The predicted octanol–water partition coefficient (Wildman–Crippen LogP) is 4.29. The van der Waals surface area contributed by atoms with Crippen molar-refractivity contribution in [3.05, 3.63) is 35.5 Å². The lowest BCUT2D eigenvalue weighted by molar-refractivity contribution is -0.141. The molecule has 0 fully saturated rings. The van der Waals surface area contributed by atoms with Gasteiger partial charge in [-0.3, -0.25) is 0 Å². The number of hydrogen-bond acceptors (Lipinski definition) is 7. The number of carbonyl (C=O) groups excluding carboxylic acids is 1. The van der Waals surface area contributed by atoms with Crippen molar-refractivity contribution >= 4 is 35.3 Å². The van der Waals surface area contributed by atoms with Gasteiger partial charge in [-0.1, -0.05) is 37.2 Å². The number of carbonyl (C=O) groups is 1. The Balaban J connectivity index is 2.17. The SMILES string of the molecule is COC(=O)[C@@H](CC(C)C)Nc1nc(Cl)cc(Sc2ccc(OC)cc2)n1. The molecule has 0 saturated heterocycles. The second-order valence-corrected chi connectivity index (χ2v) is 7.46. The molecule has 0 amide bonds. The van der Waals surface area contributed by atoms with Gasteiger partial charge in [0.25, 0.3) is 0 Å². The highest BCUT2D eigenvalue weighted by Gasteiger charge is 2.21. The molecule has 0 unspecified atom stereocenters. The van der Waals surface area contributed by atoms with Gasteiger partial charge in [0.05, 0.1) is 14.2 Å². The molecular weight excluding hydrogens is 374 g/mol. The maximum absolute atomic E-state index is 12.0. The van der Waals surface area contributed by atoms with Gasteiger partial charge in [-0.05, 0) is 36.6 Å². The molecule has 0 aliphatic carbocycles. The Bertz CT molecular complexity index is 741. The number of rotatable bonds is 8. The van der Waals surface area contributed by atoms with Gasteiger partial charge < -0.3 is 14.8 Å². The zero-order valence-corrected chi connectivity index (χ0v) is 16.7. The van der Waals surface area contributed by atoms with E-state index in [1.165, 1.54) is 18.9 Å². The van der Waals surface area contributed by atoms with E-state index in [-0.39, 0.29) is 5.97 Å². The number of nitrogens with zero attached hydrogens (tertiary/aromatic N) is 2. The molecule has 8 heteroatoms. The summed E-state index contributed by atoms with van der Waals surface area (Å²) in [7, 11) is 2.99. The second-order valence-electron chi connectivity index (χ2n) is 5.98. The number of benzene rings is 1. The minimum absolute atomic E-state index is 0.296. The Morgan fingerprint density at radius 1 is 1.23 bits per heavy atom. The third-order valence-electron chi connectivity index (χ3n) is 3.45. The summed E-state index contributed by atoms with van der Waals surface area (Å²) in [5, 5.41) is 4.00. The van der Waals surface area contributed by atoms with Crippen molar-refractivity contribution < 1.29 is 14.3 Å². The van der Waals surface area contributed by atoms with Crippen LogP contribution in [0.3, 0.4) is 0 Å². The van der Waals surface area contributed by atoms with Crippen molar-refractivity contribution in [3.63, 3.8) is 0 Å². The normalized spacial score (nSPS) is 11.9. The van der Waals surface area contributed by atoms with E-state index in [2.05, 4.69) is 15.3 Å². The molecule has 6 nitrogen and oxygen atoms in total. The average molecular weight is 396 g/mol. The maximum atomic E-state index is 12.0. The zero-order chi connectivity index (χ0) is 19.1. The Hall–Kier alpha value is -1.99. The van der Waals surface area contributed by atoms with E-state index in [4.69, 9.17) is 21.1 Å². The van der Waals surface area contributed by atoms with E-state index in [0.717, 1.165) is 10.6 Å². The summed E-state index contributed by atoms with van der Waals surface area (Å²) in [6.45, 7) is 4.06. The molecule has 1 aromatic carbocycles. The molecule has 0 radical (unpaired) electrons. The van der Waals surface area contributed by atoms with Gasteiger partial charge in [0.2, 0.25) is 5.95 Å². The first-order chi connectivity index (χ1) is 12.4. The molecular formula is C18H22ClN3O3S. The van der Waals surface area contributed by atoms with Crippen molar-refractivity contribution in [1.29, 1.82) is 0 Å². The molecule has 0 aliphatic heterocycles. The van der Waals surface area contributed by atoms with Crippen LogP contribution >= 0.6 is 23.4 Å². The molecule has 0 bridgehead atoms. The molecule has 0 saturated carbocycles. The Morgan fingerprint density at radius 3 is 2.50 bits per heavy atom. The molecule has 0 aliphatic rings. The lowest BCUT2D eigenvalue weighted by Gasteiger charge is -2.18. The summed E-state index contributed by atoms with van der Waals surface area (Å²) in [5.74, 6) is 1.03. The number of esters is 1. The number of methoxy groups -OCH3 is 2. The highest BCUT2D eigenvalue weighted by Crippen LogP contribution is 2.29. The number of anilines is 1. The van der Waals surface area contributed by atoms with E-state index >= 15 is 0 Å². The summed E-state index contributed by atoms with van der Waals surface area (Å²) < 4.78 is 10.0.